The molecule has 1 aliphatic rings. The number of aromatic amines is 1. The van der Waals surface area contributed by atoms with Gasteiger partial charge in [-0.25, -0.2) is 4.79 Å². The van der Waals surface area contributed by atoms with Crippen molar-refractivity contribution in [1.29, 1.82) is 0 Å². The Morgan fingerprint density at radius 3 is 2.45 bits per heavy atom. The van der Waals surface area contributed by atoms with E-state index in [9.17, 15) is 18.0 Å². The minimum atomic E-state index is -3.71. The molecule has 1 aromatic rings. The summed E-state index contributed by atoms with van der Waals surface area (Å²) in [5.41, 5.74) is -0.619. The van der Waals surface area contributed by atoms with Crippen molar-refractivity contribution >= 4 is 18.4 Å². The molecule has 0 aliphatic carbocycles. The Bertz CT molecular complexity index is 992. The maximum atomic E-state index is 12.4. The highest BCUT2D eigenvalue weighted by Crippen LogP contribution is 2.41. The molecule has 3 atom stereocenters. The van der Waals surface area contributed by atoms with Gasteiger partial charge < -0.3 is 9.16 Å². The van der Waals surface area contributed by atoms with E-state index in [2.05, 4.69) is 38.8 Å². The van der Waals surface area contributed by atoms with Crippen molar-refractivity contribution in [3.05, 3.63) is 32.6 Å². The van der Waals surface area contributed by atoms with Gasteiger partial charge in [0.2, 0.25) is 0 Å². The number of aryl methyl sites for hydroxylation is 1. The van der Waals surface area contributed by atoms with E-state index >= 15 is 0 Å². The summed E-state index contributed by atoms with van der Waals surface area (Å²) in [6.07, 6.45) is 0.0371. The number of nitrogens with one attached hydrogen (secondary N) is 1. The van der Waals surface area contributed by atoms with Gasteiger partial charge in [0, 0.05) is 18.2 Å². The molecule has 1 aliphatic heterocycles. The fraction of sp³-hybridized carbons (Fsp3) is 0.800. The predicted octanol–water partition coefficient (Wildman–Crippen LogP) is 2.67. The first-order chi connectivity index (χ1) is 14.0. The first-order valence-electron chi connectivity index (χ1n) is 10.6. The lowest BCUT2D eigenvalue weighted by atomic mass is 10.1. The Hall–Kier alpha value is -1.27. The zero-order valence-electron chi connectivity index (χ0n) is 19.7. The molecule has 0 amide bonds. The van der Waals surface area contributed by atoms with Crippen molar-refractivity contribution in [3.63, 3.8) is 0 Å². The molecule has 0 bridgehead atoms. The molecule has 1 saturated heterocycles. The second-order valence-corrected chi connectivity index (χ2v) is 16.4. The molecule has 31 heavy (non-hydrogen) atoms. The summed E-state index contributed by atoms with van der Waals surface area (Å²) in [4.78, 5) is 26.4. The van der Waals surface area contributed by atoms with Gasteiger partial charge in [0.25, 0.3) is 15.7 Å². The summed E-state index contributed by atoms with van der Waals surface area (Å²) >= 11 is 0. The van der Waals surface area contributed by atoms with Crippen molar-refractivity contribution in [2.24, 2.45) is 0 Å². The minimum Gasteiger partial charge on any atom is -0.411 e. The van der Waals surface area contributed by atoms with E-state index in [4.69, 9.17) is 13.3 Å². The topological polar surface area (TPSA) is 117 Å². The third-order valence-electron chi connectivity index (χ3n) is 5.88. The molecule has 0 spiro atoms. The number of aromatic nitrogens is 2. The molecule has 0 saturated carbocycles. The Morgan fingerprint density at radius 2 is 1.90 bits per heavy atom. The smallest absolute Gasteiger partial charge is 0.330 e. The lowest BCUT2D eigenvalue weighted by Gasteiger charge is -2.39. The molecule has 178 valence electrons. The molecule has 0 radical (unpaired) electrons. The SMILES string of the molecule is Cc1cn([C@H]2C[C@H](O[Si](C)(C)C(C)(C)C)[C@@H](CCS(=O)(=O)OC(C)C)O2)c(=O)[nH]c1=O. The van der Waals surface area contributed by atoms with Crippen LogP contribution in [0.5, 0.6) is 0 Å². The average Bonchev–Trinajstić information content (AvgIpc) is 2.96. The Morgan fingerprint density at radius 1 is 1.29 bits per heavy atom. The van der Waals surface area contributed by atoms with Crippen molar-refractivity contribution in [1.82, 2.24) is 9.55 Å². The van der Waals surface area contributed by atoms with Gasteiger partial charge in [-0.1, -0.05) is 20.8 Å². The van der Waals surface area contributed by atoms with Crippen molar-refractivity contribution in [2.75, 3.05) is 5.75 Å². The van der Waals surface area contributed by atoms with Crippen molar-refractivity contribution in [2.45, 2.75) is 97.1 Å². The van der Waals surface area contributed by atoms with Gasteiger partial charge in [0.1, 0.15) is 6.23 Å². The number of ether oxygens (including phenoxy) is 1. The molecule has 0 unspecified atom stereocenters. The quantitative estimate of drug-likeness (QED) is 0.453. The van der Waals surface area contributed by atoms with Crippen LogP contribution in [0.4, 0.5) is 0 Å². The van der Waals surface area contributed by atoms with Gasteiger partial charge in [0.15, 0.2) is 8.32 Å². The van der Waals surface area contributed by atoms with Crippen LogP contribution in [0, 0.1) is 6.92 Å². The van der Waals surface area contributed by atoms with Crippen LogP contribution in [0.2, 0.25) is 18.1 Å². The predicted molar refractivity (Wildman–Crippen MR) is 121 cm³/mol. The monoisotopic (exact) mass is 476 g/mol. The van der Waals surface area contributed by atoms with Crippen LogP contribution >= 0.6 is 0 Å². The zero-order valence-corrected chi connectivity index (χ0v) is 21.5. The van der Waals surface area contributed by atoms with Gasteiger partial charge >= 0.3 is 5.69 Å². The first kappa shape index (κ1) is 26.0. The van der Waals surface area contributed by atoms with Crippen molar-refractivity contribution < 1.29 is 21.8 Å². The van der Waals surface area contributed by atoms with E-state index in [1.807, 2.05) is 0 Å². The van der Waals surface area contributed by atoms with E-state index in [-0.39, 0.29) is 23.3 Å². The molecule has 0 aromatic carbocycles. The Kier molecular flexibility index (Phi) is 7.80. The molecule has 9 nitrogen and oxygen atoms in total. The highest BCUT2D eigenvalue weighted by molar-refractivity contribution is 7.86. The maximum absolute atomic E-state index is 12.4. The van der Waals surface area contributed by atoms with Crippen LogP contribution in [0.1, 0.15) is 59.3 Å². The molecule has 1 fully saturated rings. The fourth-order valence-electron chi connectivity index (χ4n) is 3.21. The average molecular weight is 477 g/mol. The highest BCUT2D eigenvalue weighted by atomic mass is 32.2. The van der Waals surface area contributed by atoms with E-state index in [1.54, 1.807) is 20.8 Å². The van der Waals surface area contributed by atoms with Crippen LogP contribution in [-0.4, -0.2) is 50.4 Å². The van der Waals surface area contributed by atoms with Gasteiger partial charge in [-0.3, -0.25) is 18.5 Å². The van der Waals surface area contributed by atoms with Gasteiger partial charge in [-0.15, -0.1) is 0 Å². The van der Waals surface area contributed by atoms with E-state index in [0.29, 0.717) is 12.0 Å². The molecule has 1 aromatic heterocycles. The Balaban J connectivity index is 2.30. The number of hydrogen-bond donors (Lipinski definition) is 1. The largest absolute Gasteiger partial charge is 0.411 e. The lowest BCUT2D eigenvalue weighted by Crippen LogP contribution is -2.46. The number of nitrogens with zero attached hydrogens (tertiary/aromatic N) is 1. The van der Waals surface area contributed by atoms with Crippen LogP contribution in [0.15, 0.2) is 15.8 Å². The summed E-state index contributed by atoms with van der Waals surface area (Å²) in [5, 5.41) is -0.0477. The van der Waals surface area contributed by atoms with Gasteiger partial charge in [-0.05, 0) is 45.3 Å². The molecule has 1 N–H and O–H groups in total. The van der Waals surface area contributed by atoms with Crippen LogP contribution in [-0.2, 0) is 23.5 Å². The van der Waals surface area contributed by atoms with Crippen LogP contribution < -0.4 is 11.2 Å². The summed E-state index contributed by atoms with van der Waals surface area (Å²) in [7, 11) is -5.89. The Labute approximate surface area is 185 Å². The molecular weight excluding hydrogens is 440 g/mol. The fourth-order valence-corrected chi connectivity index (χ4v) is 5.77. The highest BCUT2D eigenvalue weighted by Gasteiger charge is 2.45. The minimum absolute atomic E-state index is 0.0477. The summed E-state index contributed by atoms with van der Waals surface area (Å²) < 4.78 is 43.5. The van der Waals surface area contributed by atoms with Crippen LogP contribution in [0.25, 0.3) is 0 Å². The summed E-state index contributed by atoms with van der Waals surface area (Å²) in [5.74, 6) is -0.209. The van der Waals surface area contributed by atoms with Gasteiger partial charge in [-0.2, -0.15) is 8.42 Å². The van der Waals surface area contributed by atoms with E-state index in [1.165, 1.54) is 10.8 Å². The molecular formula is C20H36N2O7SSi. The second-order valence-electron chi connectivity index (χ2n) is 9.96. The second kappa shape index (κ2) is 9.30. The van der Waals surface area contributed by atoms with Crippen molar-refractivity contribution in [3.8, 4) is 0 Å². The first-order valence-corrected chi connectivity index (χ1v) is 15.1. The number of rotatable bonds is 8. The maximum Gasteiger partial charge on any atom is 0.330 e. The molecule has 2 heterocycles. The standard InChI is InChI=1S/C20H36N2O7SSi/c1-13(2)28-30(25,26)10-9-15-16(29-31(7,8)20(4,5)6)11-17(27-15)22-12-14(3)18(23)21-19(22)24/h12-13,15-17H,9-11H2,1-8H3,(H,21,23,24)/t15-,16+,17-/m1/s1. The third kappa shape index (κ3) is 6.61. The van der Waals surface area contributed by atoms with Crippen LogP contribution in [0.3, 0.4) is 0 Å². The van der Waals surface area contributed by atoms with E-state index in [0.717, 1.165) is 0 Å². The number of hydrogen-bond acceptors (Lipinski definition) is 7. The summed E-state index contributed by atoms with van der Waals surface area (Å²) in [6, 6.07) is 0. The van der Waals surface area contributed by atoms with Gasteiger partial charge in [0.05, 0.1) is 24.1 Å². The number of H-pyrrole nitrogens is 1. The third-order valence-corrected chi connectivity index (χ3v) is 11.8. The zero-order chi connectivity index (χ0) is 23.8. The normalized spacial score (nSPS) is 22.9. The molecule has 11 heteroatoms. The molecule has 2 rings (SSSR count). The summed E-state index contributed by atoms with van der Waals surface area (Å²) in [6.45, 7) is 15.5. The lowest BCUT2D eigenvalue weighted by molar-refractivity contribution is -0.0197. The van der Waals surface area contributed by atoms with E-state index < -0.39 is 48.1 Å².